The first-order valence-corrected chi connectivity index (χ1v) is 5.30. The summed E-state index contributed by atoms with van der Waals surface area (Å²) < 4.78 is 0. The van der Waals surface area contributed by atoms with E-state index in [0.717, 1.165) is 5.75 Å². The van der Waals surface area contributed by atoms with Crippen LogP contribution in [-0.4, -0.2) is 5.91 Å². The second-order valence-electron chi connectivity index (χ2n) is 3.17. The van der Waals surface area contributed by atoms with Crippen LogP contribution in [0.4, 0.5) is 0 Å². The number of thioether (sulfide) groups is 1. The van der Waals surface area contributed by atoms with Gasteiger partial charge in [0.1, 0.15) is 0 Å². The van der Waals surface area contributed by atoms with Crippen molar-refractivity contribution in [2.24, 2.45) is 5.73 Å². The van der Waals surface area contributed by atoms with Crippen LogP contribution < -0.4 is 5.73 Å². The van der Waals surface area contributed by atoms with Crippen LogP contribution in [0.25, 0.3) is 0 Å². The normalized spacial score (nSPS) is 19.8. The summed E-state index contributed by atoms with van der Waals surface area (Å²) in [5.41, 5.74) is 7.81. The van der Waals surface area contributed by atoms with E-state index in [9.17, 15) is 4.79 Å². The first-order chi connectivity index (χ1) is 6.27. The molecule has 0 fully saturated rings. The first-order valence-electron chi connectivity index (χ1n) is 4.25. The Hall–Kier alpha value is -0.960. The maximum Gasteiger partial charge on any atom is 0.218 e. The molecule has 1 aliphatic heterocycles. The van der Waals surface area contributed by atoms with Gasteiger partial charge in [-0.05, 0) is 11.1 Å². The number of fused-ring (bicyclic) bond motifs is 1. The number of hydrogen-bond donors (Lipinski definition) is 1. The Bertz CT molecular complexity index is 337. The Balaban J connectivity index is 2.23. The average molecular weight is 193 g/mol. The maximum atomic E-state index is 10.8. The fourth-order valence-electron chi connectivity index (χ4n) is 1.61. The van der Waals surface area contributed by atoms with Gasteiger partial charge in [-0.15, -0.1) is 11.8 Å². The topological polar surface area (TPSA) is 43.1 Å². The SMILES string of the molecule is NC(=O)CC1SCc2ccccc21. The molecule has 2 nitrogen and oxygen atoms in total. The predicted molar refractivity (Wildman–Crippen MR) is 54.3 cm³/mol. The minimum Gasteiger partial charge on any atom is -0.370 e. The second-order valence-corrected chi connectivity index (χ2v) is 4.36. The van der Waals surface area contributed by atoms with Gasteiger partial charge in [-0.25, -0.2) is 0 Å². The number of primary amides is 1. The molecular formula is C10H11NOS. The van der Waals surface area contributed by atoms with Crippen molar-refractivity contribution in [3.05, 3.63) is 35.4 Å². The number of rotatable bonds is 2. The molecule has 1 amide bonds. The molecule has 2 N–H and O–H groups in total. The van der Waals surface area contributed by atoms with E-state index in [1.165, 1.54) is 11.1 Å². The van der Waals surface area contributed by atoms with Gasteiger partial charge in [0.25, 0.3) is 0 Å². The van der Waals surface area contributed by atoms with Crippen LogP contribution in [-0.2, 0) is 10.5 Å². The molecule has 0 bridgehead atoms. The van der Waals surface area contributed by atoms with Crippen molar-refractivity contribution in [2.45, 2.75) is 17.4 Å². The van der Waals surface area contributed by atoms with Crippen LogP contribution in [0, 0.1) is 0 Å². The van der Waals surface area contributed by atoms with E-state index >= 15 is 0 Å². The van der Waals surface area contributed by atoms with Gasteiger partial charge in [0.2, 0.25) is 5.91 Å². The monoisotopic (exact) mass is 193 g/mol. The summed E-state index contributed by atoms with van der Waals surface area (Å²) in [6.07, 6.45) is 0.460. The largest absolute Gasteiger partial charge is 0.370 e. The maximum absolute atomic E-state index is 10.8. The molecule has 0 aliphatic carbocycles. The molecule has 1 aromatic carbocycles. The molecule has 1 unspecified atom stereocenters. The lowest BCUT2D eigenvalue weighted by molar-refractivity contribution is -0.118. The quantitative estimate of drug-likeness (QED) is 0.779. The fourth-order valence-corrected chi connectivity index (χ4v) is 2.95. The summed E-state index contributed by atoms with van der Waals surface area (Å²) in [6, 6.07) is 8.25. The van der Waals surface area contributed by atoms with E-state index < -0.39 is 0 Å². The Labute approximate surface area is 81.5 Å². The van der Waals surface area contributed by atoms with Crippen LogP contribution >= 0.6 is 11.8 Å². The first kappa shape index (κ1) is 8.63. The molecule has 2 rings (SSSR count). The van der Waals surface area contributed by atoms with E-state index in [2.05, 4.69) is 12.1 Å². The van der Waals surface area contributed by atoms with Crippen molar-refractivity contribution in [3.63, 3.8) is 0 Å². The van der Waals surface area contributed by atoms with Crippen molar-refractivity contribution < 1.29 is 4.79 Å². The summed E-state index contributed by atoms with van der Waals surface area (Å²) in [6.45, 7) is 0. The summed E-state index contributed by atoms with van der Waals surface area (Å²) >= 11 is 1.80. The lowest BCUT2D eigenvalue weighted by Crippen LogP contribution is -2.12. The highest BCUT2D eigenvalue weighted by Gasteiger charge is 2.23. The smallest absolute Gasteiger partial charge is 0.218 e. The molecule has 0 spiro atoms. The van der Waals surface area contributed by atoms with Gasteiger partial charge in [0.15, 0.2) is 0 Å². The molecule has 3 heteroatoms. The summed E-state index contributed by atoms with van der Waals surface area (Å²) in [4.78, 5) is 10.8. The zero-order valence-electron chi connectivity index (χ0n) is 7.19. The molecular weight excluding hydrogens is 182 g/mol. The lowest BCUT2D eigenvalue weighted by Gasteiger charge is -2.06. The van der Waals surface area contributed by atoms with E-state index in [0.29, 0.717) is 6.42 Å². The third-order valence-electron chi connectivity index (χ3n) is 2.23. The van der Waals surface area contributed by atoms with Crippen molar-refractivity contribution in [2.75, 3.05) is 0 Å². The summed E-state index contributed by atoms with van der Waals surface area (Å²) in [5, 5.41) is 0.286. The van der Waals surface area contributed by atoms with Gasteiger partial charge in [-0.3, -0.25) is 4.79 Å². The molecule has 13 heavy (non-hydrogen) atoms. The molecule has 1 aliphatic rings. The third-order valence-corrected chi connectivity index (χ3v) is 3.53. The summed E-state index contributed by atoms with van der Waals surface area (Å²) in [7, 11) is 0. The van der Waals surface area contributed by atoms with Gasteiger partial charge in [-0.2, -0.15) is 0 Å². The average Bonchev–Trinajstić information content (AvgIpc) is 2.48. The van der Waals surface area contributed by atoms with Gasteiger partial charge in [-0.1, -0.05) is 24.3 Å². The Morgan fingerprint density at radius 3 is 3.08 bits per heavy atom. The third kappa shape index (κ3) is 1.70. The number of hydrogen-bond acceptors (Lipinski definition) is 2. The summed E-state index contributed by atoms with van der Waals surface area (Å²) in [5.74, 6) is 0.794. The van der Waals surface area contributed by atoms with Crippen LogP contribution in [0.5, 0.6) is 0 Å². The number of carbonyl (C=O) groups excluding carboxylic acids is 1. The number of benzene rings is 1. The highest BCUT2D eigenvalue weighted by molar-refractivity contribution is 7.99. The Kier molecular flexibility index (Phi) is 2.27. The van der Waals surface area contributed by atoms with Crippen LogP contribution in [0.2, 0.25) is 0 Å². The minimum absolute atomic E-state index is 0.214. The van der Waals surface area contributed by atoms with Crippen LogP contribution in [0.1, 0.15) is 22.8 Å². The highest BCUT2D eigenvalue weighted by Crippen LogP contribution is 2.43. The second kappa shape index (κ2) is 3.42. The van der Waals surface area contributed by atoms with Crippen LogP contribution in [0.15, 0.2) is 24.3 Å². The lowest BCUT2D eigenvalue weighted by atomic mass is 10.0. The van der Waals surface area contributed by atoms with Gasteiger partial charge < -0.3 is 5.73 Å². The van der Waals surface area contributed by atoms with E-state index in [-0.39, 0.29) is 11.2 Å². The van der Waals surface area contributed by atoms with E-state index in [1.54, 1.807) is 11.8 Å². The Morgan fingerprint density at radius 1 is 1.54 bits per heavy atom. The molecule has 1 aromatic rings. The molecule has 0 saturated heterocycles. The molecule has 1 heterocycles. The van der Waals surface area contributed by atoms with E-state index in [1.807, 2.05) is 12.1 Å². The Morgan fingerprint density at radius 2 is 2.31 bits per heavy atom. The number of amides is 1. The molecule has 0 saturated carbocycles. The van der Waals surface area contributed by atoms with Crippen molar-refractivity contribution in [1.82, 2.24) is 0 Å². The molecule has 0 radical (unpaired) electrons. The minimum atomic E-state index is -0.214. The predicted octanol–water partition coefficient (Wildman–Crippen LogP) is 1.85. The molecule has 68 valence electrons. The van der Waals surface area contributed by atoms with Crippen molar-refractivity contribution in [1.29, 1.82) is 0 Å². The zero-order chi connectivity index (χ0) is 9.26. The molecule has 0 aromatic heterocycles. The van der Waals surface area contributed by atoms with Gasteiger partial charge in [0.05, 0.1) is 0 Å². The van der Waals surface area contributed by atoms with Crippen molar-refractivity contribution in [3.8, 4) is 0 Å². The van der Waals surface area contributed by atoms with Crippen molar-refractivity contribution >= 4 is 17.7 Å². The van der Waals surface area contributed by atoms with E-state index in [4.69, 9.17) is 5.73 Å². The molecule has 1 atom stereocenters. The highest BCUT2D eigenvalue weighted by atomic mass is 32.2. The van der Waals surface area contributed by atoms with Gasteiger partial charge >= 0.3 is 0 Å². The standard InChI is InChI=1S/C10H11NOS/c11-10(12)5-9-8-4-2-1-3-7(8)6-13-9/h1-4,9H,5-6H2,(H2,11,12). The van der Waals surface area contributed by atoms with Gasteiger partial charge in [0, 0.05) is 17.4 Å². The zero-order valence-corrected chi connectivity index (χ0v) is 8.01. The number of nitrogens with two attached hydrogens (primary N) is 1. The fraction of sp³-hybridized carbons (Fsp3) is 0.300. The van der Waals surface area contributed by atoms with Crippen LogP contribution in [0.3, 0.4) is 0 Å². The number of carbonyl (C=O) groups is 1.